The van der Waals surface area contributed by atoms with Gasteiger partial charge in [0.15, 0.2) is 0 Å². The summed E-state index contributed by atoms with van der Waals surface area (Å²) in [5.41, 5.74) is 6.28. The Hall–Kier alpha value is -2.11. The number of nitrogen functional groups attached to an aromatic ring is 1. The van der Waals surface area contributed by atoms with E-state index < -0.39 is 6.09 Å². The first-order valence-electron chi connectivity index (χ1n) is 6.17. The van der Waals surface area contributed by atoms with Crippen LogP contribution in [0.1, 0.15) is 12.8 Å². The minimum absolute atomic E-state index is 0.0826. The maximum atomic E-state index is 11.0. The van der Waals surface area contributed by atoms with Crippen molar-refractivity contribution in [1.82, 2.24) is 4.90 Å². The molecule has 0 saturated carbocycles. The Morgan fingerprint density at radius 2 is 2.37 bits per heavy atom. The number of likely N-dealkylation sites (tertiary alicyclic amines) is 1. The number of amides is 1. The first kappa shape index (κ1) is 13.3. The molecule has 1 aliphatic rings. The van der Waals surface area contributed by atoms with Gasteiger partial charge in [0.1, 0.15) is 18.1 Å². The molecule has 1 amide bonds. The molecule has 0 spiro atoms. The van der Waals surface area contributed by atoms with Gasteiger partial charge in [0.2, 0.25) is 0 Å². The van der Waals surface area contributed by atoms with E-state index in [0.29, 0.717) is 30.3 Å². The number of nitrogens with zero attached hydrogens (tertiary/aromatic N) is 1. The molecule has 1 saturated heterocycles. The summed E-state index contributed by atoms with van der Waals surface area (Å²) < 4.78 is 10.7. The number of anilines is 1. The van der Waals surface area contributed by atoms with Gasteiger partial charge >= 0.3 is 6.09 Å². The molecule has 0 unspecified atom stereocenters. The molecule has 1 aromatic rings. The van der Waals surface area contributed by atoms with Crippen LogP contribution < -0.4 is 15.2 Å². The number of methoxy groups -OCH3 is 1. The second-order valence-electron chi connectivity index (χ2n) is 4.49. The van der Waals surface area contributed by atoms with Gasteiger partial charge in [0, 0.05) is 12.6 Å². The van der Waals surface area contributed by atoms with Gasteiger partial charge in [0.25, 0.3) is 0 Å². The minimum atomic E-state index is -0.889. The van der Waals surface area contributed by atoms with Crippen LogP contribution in [0, 0.1) is 0 Å². The number of hydrogen-bond acceptors (Lipinski definition) is 4. The summed E-state index contributed by atoms with van der Waals surface area (Å²) in [6.07, 6.45) is 0.823. The maximum Gasteiger partial charge on any atom is 0.407 e. The number of benzene rings is 1. The molecule has 0 bridgehead atoms. The molecule has 0 aliphatic carbocycles. The number of nitrogens with two attached hydrogens (primary N) is 1. The van der Waals surface area contributed by atoms with E-state index in [1.807, 2.05) is 0 Å². The van der Waals surface area contributed by atoms with Crippen LogP contribution in [0.25, 0.3) is 0 Å². The molecule has 1 fully saturated rings. The summed E-state index contributed by atoms with van der Waals surface area (Å²) >= 11 is 0. The molecule has 6 nitrogen and oxygen atoms in total. The molecule has 1 aliphatic heterocycles. The minimum Gasteiger partial charge on any atom is -0.495 e. The van der Waals surface area contributed by atoms with Gasteiger partial charge < -0.3 is 25.2 Å². The molecule has 6 heteroatoms. The summed E-state index contributed by atoms with van der Waals surface area (Å²) in [7, 11) is 1.55. The molecule has 1 atom stereocenters. The van der Waals surface area contributed by atoms with Crippen LogP contribution in [0.3, 0.4) is 0 Å². The third kappa shape index (κ3) is 3.01. The number of carbonyl (C=O) groups is 1. The van der Waals surface area contributed by atoms with E-state index in [0.717, 1.165) is 12.8 Å². The quantitative estimate of drug-likeness (QED) is 0.812. The van der Waals surface area contributed by atoms with Crippen LogP contribution in [-0.4, -0.2) is 42.4 Å². The third-order valence-electron chi connectivity index (χ3n) is 3.27. The molecule has 1 aromatic carbocycles. The molecule has 0 aromatic heterocycles. The second kappa shape index (κ2) is 5.69. The highest BCUT2D eigenvalue weighted by Crippen LogP contribution is 2.27. The molecule has 0 radical (unpaired) electrons. The van der Waals surface area contributed by atoms with Crippen molar-refractivity contribution in [1.29, 1.82) is 0 Å². The van der Waals surface area contributed by atoms with Crippen molar-refractivity contribution in [2.75, 3.05) is 26.0 Å². The van der Waals surface area contributed by atoms with Crippen molar-refractivity contribution in [2.24, 2.45) is 0 Å². The lowest BCUT2D eigenvalue weighted by Crippen LogP contribution is -2.37. The summed E-state index contributed by atoms with van der Waals surface area (Å²) in [5.74, 6) is 1.22. The van der Waals surface area contributed by atoms with E-state index in [4.69, 9.17) is 20.3 Å². The Morgan fingerprint density at radius 3 is 3.00 bits per heavy atom. The largest absolute Gasteiger partial charge is 0.495 e. The van der Waals surface area contributed by atoms with Crippen LogP contribution in [-0.2, 0) is 0 Å². The third-order valence-corrected chi connectivity index (χ3v) is 3.27. The number of hydrogen-bond donors (Lipinski definition) is 2. The average Bonchev–Trinajstić information content (AvgIpc) is 2.85. The summed E-state index contributed by atoms with van der Waals surface area (Å²) in [6.45, 7) is 0.923. The highest BCUT2D eigenvalue weighted by atomic mass is 16.5. The molecule has 3 N–H and O–H groups in total. The lowest BCUT2D eigenvalue weighted by atomic mass is 10.2. The van der Waals surface area contributed by atoms with Gasteiger partial charge in [0.05, 0.1) is 18.8 Å². The predicted molar refractivity (Wildman–Crippen MR) is 70.7 cm³/mol. The molecule has 1 heterocycles. The number of rotatable bonds is 4. The lowest BCUT2D eigenvalue weighted by Gasteiger charge is -2.21. The molecular weight excluding hydrogens is 248 g/mol. The Morgan fingerprint density at radius 1 is 1.58 bits per heavy atom. The zero-order valence-electron chi connectivity index (χ0n) is 10.8. The van der Waals surface area contributed by atoms with Crippen molar-refractivity contribution in [2.45, 2.75) is 18.9 Å². The van der Waals surface area contributed by atoms with E-state index in [2.05, 4.69) is 0 Å². The Labute approximate surface area is 111 Å². The fourth-order valence-electron chi connectivity index (χ4n) is 2.26. The van der Waals surface area contributed by atoms with Crippen molar-refractivity contribution in [3.63, 3.8) is 0 Å². The van der Waals surface area contributed by atoms with E-state index >= 15 is 0 Å². The van der Waals surface area contributed by atoms with Gasteiger partial charge in [-0.1, -0.05) is 0 Å². The van der Waals surface area contributed by atoms with Gasteiger partial charge in [-0.3, -0.25) is 0 Å². The Kier molecular flexibility index (Phi) is 3.99. The van der Waals surface area contributed by atoms with E-state index in [1.54, 1.807) is 25.3 Å². The van der Waals surface area contributed by atoms with Crippen molar-refractivity contribution < 1.29 is 19.4 Å². The van der Waals surface area contributed by atoms with E-state index in [1.165, 1.54) is 4.90 Å². The normalized spacial score (nSPS) is 18.4. The van der Waals surface area contributed by atoms with Gasteiger partial charge in [-0.2, -0.15) is 0 Å². The van der Waals surface area contributed by atoms with Crippen molar-refractivity contribution in [3.05, 3.63) is 18.2 Å². The van der Waals surface area contributed by atoms with Crippen LogP contribution in [0.5, 0.6) is 11.5 Å². The summed E-state index contributed by atoms with van der Waals surface area (Å²) in [5, 5.41) is 9.03. The SMILES string of the molecule is COc1ccc(OC[C@@H]2CCCN2C(=O)O)cc1N. The molecule has 104 valence electrons. The maximum absolute atomic E-state index is 11.0. The van der Waals surface area contributed by atoms with Crippen LogP contribution >= 0.6 is 0 Å². The number of carboxylic acid groups (broad SMARTS) is 1. The Balaban J connectivity index is 1.95. The molecule has 19 heavy (non-hydrogen) atoms. The number of ether oxygens (including phenoxy) is 2. The zero-order chi connectivity index (χ0) is 13.8. The van der Waals surface area contributed by atoms with Crippen LogP contribution in [0.2, 0.25) is 0 Å². The van der Waals surface area contributed by atoms with Crippen molar-refractivity contribution in [3.8, 4) is 11.5 Å². The lowest BCUT2D eigenvalue weighted by molar-refractivity contribution is 0.123. The van der Waals surface area contributed by atoms with Gasteiger partial charge in [-0.15, -0.1) is 0 Å². The van der Waals surface area contributed by atoms with E-state index in [-0.39, 0.29) is 6.04 Å². The predicted octanol–water partition coefficient (Wildman–Crippen LogP) is 1.80. The molecular formula is C13H18N2O4. The smallest absolute Gasteiger partial charge is 0.407 e. The fourth-order valence-corrected chi connectivity index (χ4v) is 2.26. The van der Waals surface area contributed by atoms with Crippen LogP contribution in [0.4, 0.5) is 10.5 Å². The highest BCUT2D eigenvalue weighted by molar-refractivity contribution is 5.65. The Bertz CT molecular complexity index is 464. The van der Waals surface area contributed by atoms with Gasteiger partial charge in [-0.25, -0.2) is 4.79 Å². The van der Waals surface area contributed by atoms with Gasteiger partial charge in [-0.05, 0) is 25.0 Å². The second-order valence-corrected chi connectivity index (χ2v) is 4.49. The first-order chi connectivity index (χ1) is 9.11. The monoisotopic (exact) mass is 266 g/mol. The zero-order valence-corrected chi connectivity index (χ0v) is 10.8. The highest BCUT2D eigenvalue weighted by Gasteiger charge is 2.28. The van der Waals surface area contributed by atoms with Crippen molar-refractivity contribution >= 4 is 11.8 Å². The first-order valence-corrected chi connectivity index (χ1v) is 6.17. The summed E-state index contributed by atoms with van der Waals surface area (Å²) in [6, 6.07) is 5.09. The standard InChI is InChI=1S/C13H18N2O4/c1-18-12-5-4-10(7-11(12)14)19-8-9-3-2-6-15(9)13(16)17/h4-5,7,9H,2-3,6,8,14H2,1H3,(H,16,17)/t9-/m0/s1. The molecule has 2 rings (SSSR count). The van der Waals surface area contributed by atoms with E-state index in [9.17, 15) is 4.79 Å². The van der Waals surface area contributed by atoms with Crippen LogP contribution in [0.15, 0.2) is 18.2 Å². The fraction of sp³-hybridized carbons (Fsp3) is 0.462. The topological polar surface area (TPSA) is 85.0 Å². The summed E-state index contributed by atoms with van der Waals surface area (Å²) in [4.78, 5) is 12.4. The average molecular weight is 266 g/mol.